The number of fused-ring (bicyclic) bond motifs is 3. The molecule has 2 saturated heterocycles. The summed E-state index contributed by atoms with van der Waals surface area (Å²) in [5.41, 5.74) is -2.43. The van der Waals surface area contributed by atoms with Crippen LogP contribution in [0.5, 0.6) is 0 Å². The van der Waals surface area contributed by atoms with E-state index in [1.165, 1.54) is 0 Å². The second-order valence-corrected chi connectivity index (χ2v) is 4.01. The molecule has 0 amide bonds. The monoisotopic (exact) mass is 195 g/mol. The summed E-state index contributed by atoms with van der Waals surface area (Å²) in [6.45, 7) is 0.292. The maximum Gasteiger partial charge on any atom is 0.417 e. The van der Waals surface area contributed by atoms with Gasteiger partial charge in [0.15, 0.2) is 5.60 Å². The standard InChI is InChI=1S/C8H12F3NO/c9-8(10,11)7(13)3-6-2-1-5(7)4-12-6/h5-6,12-13H,1-4H2. The Labute approximate surface area is 74.1 Å². The van der Waals surface area contributed by atoms with Crippen LogP contribution in [-0.2, 0) is 0 Å². The van der Waals surface area contributed by atoms with Crippen molar-refractivity contribution < 1.29 is 18.3 Å². The lowest BCUT2D eigenvalue weighted by molar-refractivity contribution is -0.297. The number of alkyl halides is 3. The lowest BCUT2D eigenvalue weighted by atomic mass is 9.69. The van der Waals surface area contributed by atoms with Crippen LogP contribution in [0.1, 0.15) is 19.3 Å². The van der Waals surface area contributed by atoms with Gasteiger partial charge in [-0.15, -0.1) is 0 Å². The lowest BCUT2D eigenvalue weighted by Gasteiger charge is -2.49. The molecule has 2 nitrogen and oxygen atoms in total. The van der Waals surface area contributed by atoms with Gasteiger partial charge in [-0.3, -0.25) is 0 Å². The van der Waals surface area contributed by atoms with Crippen molar-refractivity contribution in [3.8, 4) is 0 Å². The average molecular weight is 195 g/mol. The van der Waals surface area contributed by atoms with Crippen LogP contribution in [0.15, 0.2) is 0 Å². The first-order valence-electron chi connectivity index (χ1n) is 4.46. The number of aliphatic hydroxyl groups is 1. The molecule has 2 aliphatic heterocycles. The molecule has 0 aromatic rings. The molecular weight excluding hydrogens is 183 g/mol. The minimum absolute atomic E-state index is 0.156. The Balaban J connectivity index is 2.24. The molecule has 1 aliphatic carbocycles. The first kappa shape index (κ1) is 9.27. The maximum atomic E-state index is 12.5. The molecule has 0 radical (unpaired) electrons. The predicted octanol–water partition coefficient (Wildman–Crippen LogP) is 1.05. The Morgan fingerprint density at radius 3 is 2.23 bits per heavy atom. The van der Waals surface area contributed by atoms with Gasteiger partial charge in [-0.1, -0.05) is 0 Å². The summed E-state index contributed by atoms with van der Waals surface area (Å²) in [5, 5.41) is 12.5. The first-order chi connectivity index (χ1) is 5.93. The molecule has 3 unspecified atom stereocenters. The highest BCUT2D eigenvalue weighted by atomic mass is 19.4. The van der Waals surface area contributed by atoms with E-state index < -0.39 is 17.7 Å². The number of halogens is 3. The summed E-state index contributed by atoms with van der Waals surface area (Å²) in [6, 6.07) is -0.156. The Morgan fingerprint density at radius 1 is 1.31 bits per heavy atom. The van der Waals surface area contributed by atoms with Crippen molar-refractivity contribution >= 4 is 0 Å². The molecular formula is C8H12F3NO. The maximum absolute atomic E-state index is 12.5. The highest BCUT2D eigenvalue weighted by molar-refractivity contribution is 5.04. The second kappa shape index (κ2) is 2.60. The Kier molecular flexibility index (Phi) is 1.86. The molecule has 0 aromatic carbocycles. The van der Waals surface area contributed by atoms with E-state index in [0.717, 1.165) is 6.42 Å². The number of piperidine rings is 2. The van der Waals surface area contributed by atoms with Crippen LogP contribution < -0.4 is 5.32 Å². The smallest absolute Gasteiger partial charge is 0.380 e. The third-order valence-corrected chi connectivity index (χ3v) is 3.24. The van der Waals surface area contributed by atoms with Gasteiger partial charge >= 0.3 is 6.18 Å². The Bertz CT molecular complexity index is 210. The van der Waals surface area contributed by atoms with Crippen molar-refractivity contribution in [2.75, 3.05) is 6.54 Å². The molecule has 76 valence electrons. The van der Waals surface area contributed by atoms with Crippen LogP contribution in [-0.4, -0.2) is 29.5 Å². The van der Waals surface area contributed by atoms with E-state index in [9.17, 15) is 18.3 Å². The number of hydrogen-bond donors (Lipinski definition) is 2. The molecule has 2 N–H and O–H groups in total. The van der Waals surface area contributed by atoms with Crippen LogP contribution in [0.25, 0.3) is 0 Å². The largest absolute Gasteiger partial charge is 0.417 e. The highest BCUT2D eigenvalue weighted by Gasteiger charge is 2.62. The van der Waals surface area contributed by atoms with Gasteiger partial charge in [0.25, 0.3) is 0 Å². The molecule has 3 aliphatic rings. The fraction of sp³-hybridized carbons (Fsp3) is 1.00. The molecule has 3 rings (SSSR count). The van der Waals surface area contributed by atoms with Crippen molar-refractivity contribution in [3.63, 3.8) is 0 Å². The van der Waals surface area contributed by atoms with E-state index in [4.69, 9.17) is 0 Å². The molecule has 5 heteroatoms. The summed E-state index contributed by atoms with van der Waals surface area (Å²) >= 11 is 0. The number of hydrogen-bond acceptors (Lipinski definition) is 2. The normalized spacial score (nSPS) is 45.2. The van der Waals surface area contributed by atoms with E-state index in [-0.39, 0.29) is 12.5 Å². The van der Waals surface area contributed by atoms with Crippen molar-refractivity contribution in [1.29, 1.82) is 0 Å². The van der Waals surface area contributed by atoms with E-state index in [1.54, 1.807) is 0 Å². The fourth-order valence-corrected chi connectivity index (χ4v) is 2.39. The van der Waals surface area contributed by atoms with E-state index >= 15 is 0 Å². The minimum Gasteiger partial charge on any atom is -0.380 e. The minimum atomic E-state index is -4.47. The van der Waals surface area contributed by atoms with Crippen LogP contribution in [0.4, 0.5) is 13.2 Å². The zero-order valence-electron chi connectivity index (χ0n) is 7.06. The van der Waals surface area contributed by atoms with Gasteiger partial charge in [-0.2, -0.15) is 13.2 Å². The van der Waals surface area contributed by atoms with Crippen molar-refractivity contribution in [2.24, 2.45) is 5.92 Å². The van der Waals surface area contributed by atoms with Gasteiger partial charge in [0.2, 0.25) is 0 Å². The summed E-state index contributed by atoms with van der Waals surface area (Å²) < 4.78 is 37.5. The van der Waals surface area contributed by atoms with Crippen molar-refractivity contribution in [1.82, 2.24) is 5.32 Å². The molecule has 0 spiro atoms. The molecule has 2 bridgehead atoms. The predicted molar refractivity (Wildman–Crippen MR) is 40.1 cm³/mol. The summed E-state index contributed by atoms with van der Waals surface area (Å²) in [5.74, 6) is -0.655. The van der Waals surface area contributed by atoms with Gasteiger partial charge in [0, 0.05) is 24.9 Å². The summed E-state index contributed by atoms with van der Waals surface area (Å²) in [6.07, 6.45) is -3.42. The van der Waals surface area contributed by atoms with Gasteiger partial charge in [-0.25, -0.2) is 0 Å². The summed E-state index contributed by atoms with van der Waals surface area (Å²) in [7, 11) is 0. The zero-order chi connectivity index (χ0) is 9.69. The molecule has 3 atom stereocenters. The Hall–Kier alpha value is -0.290. The average Bonchev–Trinajstić information content (AvgIpc) is 2.04. The van der Waals surface area contributed by atoms with Crippen LogP contribution in [0.2, 0.25) is 0 Å². The molecule has 1 saturated carbocycles. The van der Waals surface area contributed by atoms with E-state index in [0.29, 0.717) is 13.0 Å². The van der Waals surface area contributed by atoms with Crippen molar-refractivity contribution in [3.05, 3.63) is 0 Å². The van der Waals surface area contributed by atoms with E-state index in [1.807, 2.05) is 0 Å². The summed E-state index contributed by atoms with van der Waals surface area (Å²) in [4.78, 5) is 0. The quantitative estimate of drug-likeness (QED) is 0.605. The second-order valence-electron chi connectivity index (χ2n) is 4.01. The topological polar surface area (TPSA) is 32.3 Å². The fourth-order valence-electron chi connectivity index (χ4n) is 2.39. The SMILES string of the molecule is OC1(C(F)(F)F)CC2CCC1CN2. The third kappa shape index (κ3) is 1.25. The zero-order valence-corrected chi connectivity index (χ0v) is 7.06. The van der Waals surface area contributed by atoms with Crippen LogP contribution >= 0.6 is 0 Å². The molecule has 3 fully saturated rings. The Morgan fingerprint density at radius 2 is 2.00 bits per heavy atom. The van der Waals surface area contributed by atoms with Gasteiger partial charge < -0.3 is 10.4 Å². The van der Waals surface area contributed by atoms with Gasteiger partial charge in [-0.05, 0) is 12.8 Å². The van der Waals surface area contributed by atoms with Gasteiger partial charge in [0.05, 0.1) is 0 Å². The molecule has 0 aromatic heterocycles. The van der Waals surface area contributed by atoms with E-state index in [2.05, 4.69) is 5.32 Å². The molecule has 2 heterocycles. The van der Waals surface area contributed by atoms with Crippen LogP contribution in [0.3, 0.4) is 0 Å². The third-order valence-electron chi connectivity index (χ3n) is 3.24. The molecule has 13 heavy (non-hydrogen) atoms. The highest BCUT2D eigenvalue weighted by Crippen LogP contribution is 2.47. The lowest BCUT2D eigenvalue weighted by Crippen LogP contribution is -2.65. The number of rotatable bonds is 0. The number of nitrogens with one attached hydrogen (secondary N) is 1. The first-order valence-corrected chi connectivity index (χ1v) is 4.46. The van der Waals surface area contributed by atoms with Gasteiger partial charge in [0.1, 0.15) is 0 Å². The van der Waals surface area contributed by atoms with Crippen LogP contribution in [0, 0.1) is 5.92 Å². The van der Waals surface area contributed by atoms with Crippen molar-refractivity contribution in [2.45, 2.75) is 37.1 Å².